The Kier molecular flexibility index (Phi) is 56.5. The molecule has 4 aromatic rings. The first-order chi connectivity index (χ1) is 29.5. The van der Waals surface area contributed by atoms with Crippen LogP contribution in [-0.2, 0) is 62.3 Å². The van der Waals surface area contributed by atoms with Gasteiger partial charge < -0.3 is 74.7 Å². The smallest absolute Gasteiger partial charge is 0.545 e. The van der Waals surface area contributed by atoms with E-state index < -0.39 is 40.9 Å². The molecular weight excluding hydrogens is 1120 g/mol. The maximum Gasteiger partial charge on any atom is 3.00 e. The topological polar surface area (TPSA) is 359 Å². The third-order valence-corrected chi connectivity index (χ3v) is 5.28. The number of pyridine rings is 4. The second-order valence-corrected chi connectivity index (χ2v) is 11.5. The van der Waals surface area contributed by atoms with Crippen LogP contribution >= 0.6 is 0 Å². The summed E-state index contributed by atoms with van der Waals surface area (Å²) in [7, 11) is 0. The van der Waals surface area contributed by atoms with Gasteiger partial charge in [0, 0.05) is 24.8 Å². The Bertz CT molecular complexity index is 1740. The van der Waals surface area contributed by atoms with Crippen molar-refractivity contribution >= 4 is 35.8 Å². The maximum absolute atomic E-state index is 9.49. The predicted octanol–water partition coefficient (Wildman–Crippen LogP) is -0.0825. The zero-order valence-electron chi connectivity index (χ0n) is 36.8. The average Bonchev–Trinajstić information content (AvgIpc) is 3.23. The van der Waals surface area contributed by atoms with Crippen molar-refractivity contribution in [2.24, 2.45) is 0 Å². The van der Waals surface area contributed by atoms with Crippen LogP contribution in [0.4, 0.5) is 0 Å². The summed E-state index contributed by atoms with van der Waals surface area (Å²) in [5, 5.41) is 71.7. The molecule has 364 valence electrons. The van der Waals surface area contributed by atoms with Gasteiger partial charge in [-0.05, 0) is 124 Å². The zero-order chi connectivity index (χ0) is 51.0. The molecular formula is C44H46Co2N5O15Tb. The Morgan fingerprint density at radius 2 is 0.478 bits per heavy atom. The van der Waals surface area contributed by atoms with Crippen molar-refractivity contribution < 1.29 is 137 Å². The van der Waals surface area contributed by atoms with E-state index in [0.717, 1.165) is 22.8 Å². The zero-order valence-corrected chi connectivity index (χ0v) is 41.1. The maximum atomic E-state index is 9.49. The third kappa shape index (κ3) is 59.4. The normalized spacial score (nSPS) is 7.85. The van der Waals surface area contributed by atoms with E-state index in [9.17, 15) is 59.4 Å². The summed E-state index contributed by atoms with van der Waals surface area (Å²) in [4.78, 5) is 81.9. The van der Waals surface area contributed by atoms with Crippen molar-refractivity contribution in [3.05, 3.63) is 186 Å². The van der Waals surface area contributed by atoms with Crippen molar-refractivity contribution in [2.75, 3.05) is 0 Å². The van der Waals surface area contributed by atoms with Gasteiger partial charge in [0.2, 0.25) is 0 Å². The van der Waals surface area contributed by atoms with E-state index in [1.165, 1.54) is 41.5 Å². The molecule has 0 spiro atoms. The molecule has 4 rings (SSSR count). The van der Waals surface area contributed by atoms with Crippen LogP contribution in [0.25, 0.3) is 22.8 Å². The van der Waals surface area contributed by atoms with Gasteiger partial charge in [-0.1, -0.05) is 63.7 Å². The van der Waals surface area contributed by atoms with Crippen LogP contribution in [0.15, 0.2) is 170 Å². The van der Waals surface area contributed by atoms with Gasteiger partial charge in [0.25, 0.3) is 0 Å². The standard InChI is InChI=1S/2C10H8N2.6C4H6O2.2Co.NO3.Tb/c2*1-3-7-11-9(5-1)10-6-2-4-8-12-10;6*1-3(2)4(5)6;;;2-1(3)4;/h2*1-8H;6*1H2,2H3,(H,5,6);;;;/q;;;;;;;;2*+2;-1;+3/p-6. The average molecular weight is 1160 g/mol. The molecule has 23 heteroatoms. The molecule has 0 amide bonds. The van der Waals surface area contributed by atoms with E-state index in [1.54, 1.807) is 24.8 Å². The number of carbonyl (C=O) groups is 6. The molecule has 0 aliphatic carbocycles. The van der Waals surface area contributed by atoms with Gasteiger partial charge >= 0.3 is 72.2 Å². The summed E-state index contributed by atoms with van der Waals surface area (Å²) < 4.78 is 0. The molecule has 0 saturated heterocycles. The number of rotatable bonds is 8. The molecule has 0 atom stereocenters. The minimum atomic E-state index is -1.75. The minimum Gasteiger partial charge on any atom is -0.545 e. The minimum absolute atomic E-state index is 0. The number of carboxylic acids is 6. The molecule has 20 nitrogen and oxygen atoms in total. The molecule has 4 heterocycles. The molecule has 0 aliphatic rings. The summed E-state index contributed by atoms with van der Waals surface area (Å²) in [6, 6.07) is 23.2. The first-order valence-corrected chi connectivity index (χ1v) is 17.2. The number of carboxylic acid groups (broad SMARTS) is 6. The second-order valence-electron chi connectivity index (χ2n) is 11.5. The van der Waals surface area contributed by atoms with Gasteiger partial charge in [0.1, 0.15) is 0 Å². The molecule has 0 aliphatic heterocycles. The van der Waals surface area contributed by atoms with E-state index in [-0.39, 0.29) is 106 Å². The van der Waals surface area contributed by atoms with E-state index in [2.05, 4.69) is 59.4 Å². The van der Waals surface area contributed by atoms with Crippen LogP contribution in [0.2, 0.25) is 0 Å². The van der Waals surface area contributed by atoms with Crippen molar-refractivity contribution in [2.45, 2.75) is 41.5 Å². The monoisotopic (exact) mass is 1160 g/mol. The number of hydrogen-bond acceptors (Lipinski definition) is 19. The summed E-state index contributed by atoms with van der Waals surface area (Å²) in [5.74, 6) is -7.11. The summed E-state index contributed by atoms with van der Waals surface area (Å²) >= 11 is 0. The van der Waals surface area contributed by atoms with Crippen LogP contribution in [0.3, 0.4) is 0 Å². The first kappa shape index (κ1) is 77.6. The summed E-state index contributed by atoms with van der Waals surface area (Å²) in [6.07, 6.45) is 7.07. The third-order valence-electron chi connectivity index (χ3n) is 5.28. The number of aliphatic carboxylic acids is 6. The molecule has 0 aromatic carbocycles. The molecule has 0 N–H and O–H groups in total. The van der Waals surface area contributed by atoms with Gasteiger partial charge in [-0.3, -0.25) is 19.9 Å². The molecule has 2 radical (unpaired) electrons. The Morgan fingerprint density at radius 1 is 0.373 bits per heavy atom. The van der Waals surface area contributed by atoms with Crippen molar-refractivity contribution in [1.82, 2.24) is 19.9 Å². The SMILES string of the molecule is C=C(C)C(=O)[O-].C=C(C)C(=O)[O-].C=C(C)C(=O)[O-].C=C(C)C(=O)[O-].C=C(C)C(=O)[O-].C=C(C)C(=O)[O-].O=[N+]([O-])[O-].[Co+2].[Co+2].[Tb+3].c1ccc(-c2ccccn2)nc1.c1ccc(-c2ccccn2)nc1. The molecule has 0 bridgehead atoms. The molecule has 0 saturated carbocycles. The quantitative estimate of drug-likeness (QED) is 0.126. The molecule has 0 fully saturated rings. The van der Waals surface area contributed by atoms with Crippen molar-refractivity contribution in [3.63, 3.8) is 0 Å². The van der Waals surface area contributed by atoms with Crippen molar-refractivity contribution in [3.8, 4) is 22.8 Å². The summed E-state index contributed by atoms with van der Waals surface area (Å²) in [6.45, 7) is 26.9. The Hall–Kier alpha value is -6.64. The van der Waals surface area contributed by atoms with Crippen LogP contribution < -0.4 is 30.6 Å². The van der Waals surface area contributed by atoms with Crippen LogP contribution in [0.1, 0.15) is 41.5 Å². The van der Waals surface area contributed by atoms with Crippen LogP contribution in [0.5, 0.6) is 0 Å². The number of aromatic nitrogens is 4. The van der Waals surface area contributed by atoms with Gasteiger partial charge in [-0.15, -0.1) is 0 Å². The van der Waals surface area contributed by atoms with E-state index in [1.807, 2.05) is 72.8 Å². The second kappa shape index (κ2) is 48.8. The molecule has 0 unspecified atom stereocenters. The van der Waals surface area contributed by atoms with Crippen LogP contribution in [-0.4, -0.2) is 60.8 Å². The fourth-order valence-electron chi connectivity index (χ4n) is 2.06. The first-order valence-electron chi connectivity index (χ1n) is 17.2. The van der Waals surface area contributed by atoms with E-state index in [0.29, 0.717) is 0 Å². The number of carbonyl (C=O) groups excluding carboxylic acids is 6. The largest absolute Gasteiger partial charge is 3.00 e. The predicted molar refractivity (Wildman–Crippen MR) is 224 cm³/mol. The van der Waals surface area contributed by atoms with Gasteiger partial charge in [0.15, 0.2) is 0 Å². The Balaban J connectivity index is -0.0000000995. The molecule has 4 aromatic heterocycles. The summed E-state index contributed by atoms with van der Waals surface area (Å²) in [5.41, 5.74) is 4.05. The number of nitrogens with zero attached hydrogens (tertiary/aromatic N) is 5. The van der Waals surface area contributed by atoms with Crippen molar-refractivity contribution in [1.29, 1.82) is 0 Å². The van der Waals surface area contributed by atoms with Crippen LogP contribution in [0, 0.1) is 53.9 Å². The van der Waals surface area contributed by atoms with Gasteiger partial charge in [-0.2, -0.15) is 0 Å². The van der Waals surface area contributed by atoms with E-state index in [4.69, 9.17) is 15.3 Å². The fourth-order valence-corrected chi connectivity index (χ4v) is 2.06. The fraction of sp³-hybridized carbons (Fsp3) is 0.136. The number of hydrogen-bond donors (Lipinski definition) is 0. The van der Waals surface area contributed by atoms with E-state index >= 15 is 0 Å². The van der Waals surface area contributed by atoms with Gasteiger partial charge in [-0.25, -0.2) is 0 Å². The Labute approximate surface area is 439 Å². The molecule has 67 heavy (non-hydrogen) atoms. The van der Waals surface area contributed by atoms with Gasteiger partial charge in [0.05, 0.1) is 63.7 Å². The Morgan fingerprint density at radius 3 is 0.537 bits per heavy atom.